The number of hydrogen-bond acceptors (Lipinski definition) is 4. The summed E-state index contributed by atoms with van der Waals surface area (Å²) in [5.41, 5.74) is 0.958. The summed E-state index contributed by atoms with van der Waals surface area (Å²) in [4.78, 5) is 28.7. The maximum Gasteiger partial charge on any atom is 0.410 e. The van der Waals surface area contributed by atoms with Gasteiger partial charge in [0.1, 0.15) is 6.10 Å². The molecular weight excluding hydrogens is 382 g/mol. The molecule has 0 radical (unpaired) electrons. The Labute approximate surface area is 167 Å². The largest absolute Gasteiger partial charge is 0.446 e. The number of benzene rings is 1. The Bertz CT molecular complexity index is 721. The minimum atomic E-state index is -2.15. The van der Waals surface area contributed by atoms with Crippen LogP contribution in [0.3, 0.4) is 0 Å². The van der Waals surface area contributed by atoms with Gasteiger partial charge < -0.3 is 14.5 Å². The third-order valence-corrected chi connectivity index (χ3v) is 5.71. The zero-order valence-electron chi connectivity index (χ0n) is 16.0. The second kappa shape index (κ2) is 9.38. The van der Waals surface area contributed by atoms with Crippen LogP contribution in [0, 0.1) is 0 Å². The second-order valence-electron chi connectivity index (χ2n) is 7.37. The van der Waals surface area contributed by atoms with E-state index in [-0.39, 0.29) is 24.1 Å². The third-order valence-electron chi connectivity index (χ3n) is 5.30. The molecule has 1 aromatic rings. The highest BCUT2D eigenvalue weighted by molar-refractivity contribution is 7.80. The number of piperazine rings is 1. The van der Waals surface area contributed by atoms with Crippen LogP contribution in [0.2, 0.25) is 0 Å². The maximum atomic E-state index is 12.8. The number of ether oxygens (including phenoxy) is 1. The molecule has 1 heterocycles. The summed E-state index contributed by atoms with van der Waals surface area (Å²) in [5.74, 6) is -0.121. The van der Waals surface area contributed by atoms with Crippen molar-refractivity contribution in [3.63, 3.8) is 0 Å². The molecule has 1 unspecified atom stereocenters. The molecule has 0 spiro atoms. The van der Waals surface area contributed by atoms with Crippen molar-refractivity contribution in [3.8, 4) is 0 Å². The van der Waals surface area contributed by atoms with Crippen molar-refractivity contribution in [2.24, 2.45) is 0 Å². The zero-order chi connectivity index (χ0) is 20.1. The van der Waals surface area contributed by atoms with Crippen LogP contribution in [0.5, 0.6) is 0 Å². The Morgan fingerprint density at radius 3 is 2.43 bits per heavy atom. The molecule has 1 saturated carbocycles. The Kier molecular flexibility index (Phi) is 6.90. The van der Waals surface area contributed by atoms with Crippen molar-refractivity contribution in [2.45, 2.75) is 51.2 Å². The van der Waals surface area contributed by atoms with Crippen LogP contribution in [0.1, 0.15) is 49.4 Å². The first-order valence-corrected chi connectivity index (χ1v) is 10.8. The molecule has 154 valence electrons. The van der Waals surface area contributed by atoms with Gasteiger partial charge in [-0.3, -0.25) is 14.1 Å². The summed E-state index contributed by atoms with van der Waals surface area (Å²) in [7, 11) is 0. The molecule has 1 aliphatic heterocycles. The lowest BCUT2D eigenvalue weighted by Crippen LogP contribution is -2.55. The molecule has 0 bridgehead atoms. The van der Waals surface area contributed by atoms with Gasteiger partial charge in [-0.25, -0.2) is 9.00 Å². The average Bonchev–Trinajstić information content (AvgIpc) is 2.68. The van der Waals surface area contributed by atoms with E-state index in [0.717, 1.165) is 25.7 Å². The van der Waals surface area contributed by atoms with Crippen molar-refractivity contribution in [3.05, 3.63) is 29.8 Å². The summed E-state index contributed by atoms with van der Waals surface area (Å²) in [6.45, 7) is 3.26. The van der Waals surface area contributed by atoms with Crippen LogP contribution in [0.15, 0.2) is 24.3 Å². The SMILES string of the molecule is C[C@@H]1CN(C(=O)OC2CCCCC2)CCN1C(=O)c1ccc(NS(=O)O)cc1. The first-order chi connectivity index (χ1) is 13.4. The molecule has 2 atom stereocenters. The molecule has 2 N–H and O–H groups in total. The van der Waals surface area contributed by atoms with Gasteiger partial charge in [-0.2, -0.15) is 0 Å². The van der Waals surface area contributed by atoms with Gasteiger partial charge in [0, 0.05) is 36.9 Å². The highest BCUT2D eigenvalue weighted by atomic mass is 32.2. The Hall–Kier alpha value is -2.13. The zero-order valence-corrected chi connectivity index (χ0v) is 16.8. The van der Waals surface area contributed by atoms with Crippen LogP contribution >= 0.6 is 0 Å². The van der Waals surface area contributed by atoms with Crippen molar-refractivity contribution < 1.29 is 23.1 Å². The number of hydrogen-bond donors (Lipinski definition) is 2. The Balaban J connectivity index is 1.54. The van der Waals surface area contributed by atoms with E-state index in [9.17, 15) is 13.8 Å². The molecule has 2 amide bonds. The van der Waals surface area contributed by atoms with Crippen molar-refractivity contribution in [1.82, 2.24) is 9.80 Å². The number of carbonyl (C=O) groups excluding carboxylic acids is 2. The smallest absolute Gasteiger partial charge is 0.410 e. The fourth-order valence-corrected chi connectivity index (χ4v) is 4.11. The van der Waals surface area contributed by atoms with E-state index in [1.54, 1.807) is 34.1 Å². The standard InChI is InChI=1S/C19H27N3O5S/c1-14-13-21(19(24)27-17-5-3-2-4-6-17)11-12-22(14)18(23)15-7-9-16(10-8-15)20-28(25)26/h7-10,14,17,20H,2-6,11-13H2,1H3,(H,25,26)/t14-/m1/s1. The van der Waals surface area contributed by atoms with E-state index in [1.165, 1.54) is 6.42 Å². The molecular formula is C19H27N3O5S. The summed E-state index contributed by atoms with van der Waals surface area (Å²) in [6.07, 6.45) is 5.05. The Morgan fingerprint density at radius 2 is 1.82 bits per heavy atom. The minimum absolute atomic E-state index is 0.0246. The summed E-state index contributed by atoms with van der Waals surface area (Å²) in [6, 6.07) is 6.29. The van der Waals surface area contributed by atoms with Gasteiger partial charge in [0.05, 0.1) is 0 Å². The normalized spacial score (nSPS) is 21.9. The quantitative estimate of drug-likeness (QED) is 0.745. The van der Waals surface area contributed by atoms with Gasteiger partial charge in [0.15, 0.2) is 0 Å². The topological polar surface area (TPSA) is 99.2 Å². The fourth-order valence-electron chi connectivity index (χ4n) is 3.77. The van der Waals surface area contributed by atoms with Crippen LogP contribution in [0.25, 0.3) is 0 Å². The van der Waals surface area contributed by atoms with Crippen molar-refractivity contribution in [1.29, 1.82) is 0 Å². The Morgan fingerprint density at radius 1 is 1.14 bits per heavy atom. The predicted molar refractivity (Wildman–Crippen MR) is 106 cm³/mol. The number of anilines is 1. The van der Waals surface area contributed by atoms with E-state index in [4.69, 9.17) is 9.29 Å². The van der Waals surface area contributed by atoms with Crippen molar-refractivity contribution in [2.75, 3.05) is 24.4 Å². The van der Waals surface area contributed by atoms with Crippen LogP contribution in [0.4, 0.5) is 10.5 Å². The van der Waals surface area contributed by atoms with Gasteiger partial charge >= 0.3 is 6.09 Å². The van der Waals surface area contributed by atoms with Gasteiger partial charge in [0.25, 0.3) is 17.2 Å². The molecule has 1 aromatic carbocycles. The summed E-state index contributed by atoms with van der Waals surface area (Å²) in [5, 5.41) is 0. The van der Waals surface area contributed by atoms with Crippen LogP contribution in [-0.4, -0.2) is 62.3 Å². The first-order valence-electron chi connectivity index (χ1n) is 9.68. The molecule has 0 aromatic heterocycles. The number of carbonyl (C=O) groups is 2. The van der Waals surface area contributed by atoms with Gasteiger partial charge in [-0.1, -0.05) is 6.42 Å². The molecule has 2 aliphatic rings. The third kappa shape index (κ3) is 5.23. The van der Waals surface area contributed by atoms with Crippen molar-refractivity contribution >= 4 is 29.0 Å². The predicted octanol–water partition coefficient (Wildman–Crippen LogP) is 2.85. The first kappa shape index (κ1) is 20.6. The van der Waals surface area contributed by atoms with Gasteiger partial charge in [0.2, 0.25) is 0 Å². The van der Waals surface area contributed by atoms with E-state index >= 15 is 0 Å². The second-order valence-corrected chi connectivity index (χ2v) is 8.07. The van der Waals surface area contributed by atoms with E-state index in [2.05, 4.69) is 4.72 Å². The summed E-state index contributed by atoms with van der Waals surface area (Å²) < 4.78 is 27.6. The fraction of sp³-hybridized carbons (Fsp3) is 0.579. The molecule has 8 nitrogen and oxygen atoms in total. The van der Waals surface area contributed by atoms with Gasteiger partial charge in [-0.05, 0) is 56.9 Å². The van der Waals surface area contributed by atoms with E-state index in [1.807, 2.05) is 6.92 Å². The van der Waals surface area contributed by atoms with Crippen LogP contribution < -0.4 is 4.72 Å². The van der Waals surface area contributed by atoms with Crippen LogP contribution in [-0.2, 0) is 16.0 Å². The average molecular weight is 410 g/mol. The van der Waals surface area contributed by atoms with E-state index in [0.29, 0.717) is 30.9 Å². The molecule has 28 heavy (non-hydrogen) atoms. The molecule has 1 aliphatic carbocycles. The molecule has 1 saturated heterocycles. The number of amides is 2. The van der Waals surface area contributed by atoms with E-state index < -0.39 is 11.3 Å². The maximum absolute atomic E-state index is 12.8. The highest BCUT2D eigenvalue weighted by Crippen LogP contribution is 2.22. The summed E-state index contributed by atoms with van der Waals surface area (Å²) >= 11 is -2.15. The lowest BCUT2D eigenvalue weighted by atomic mass is 9.98. The monoisotopic (exact) mass is 409 g/mol. The minimum Gasteiger partial charge on any atom is -0.446 e. The highest BCUT2D eigenvalue weighted by Gasteiger charge is 2.32. The lowest BCUT2D eigenvalue weighted by Gasteiger charge is -2.40. The number of nitrogens with one attached hydrogen (secondary N) is 1. The number of rotatable bonds is 4. The number of nitrogens with zero attached hydrogens (tertiary/aromatic N) is 2. The van der Waals surface area contributed by atoms with Gasteiger partial charge in [-0.15, -0.1) is 0 Å². The molecule has 2 fully saturated rings. The molecule has 3 rings (SSSR count). The lowest BCUT2D eigenvalue weighted by molar-refractivity contribution is 0.0203. The molecule has 9 heteroatoms.